The number of halogens is 1. The molecule has 1 unspecified atom stereocenters. The third kappa shape index (κ3) is 3.37. The normalized spacial score (nSPS) is 17.6. The average molecular weight is 364 g/mol. The predicted octanol–water partition coefficient (Wildman–Crippen LogP) is 4.72. The number of carbonyl (C=O) groups is 1. The summed E-state index contributed by atoms with van der Waals surface area (Å²) in [6.07, 6.45) is 3.80. The summed E-state index contributed by atoms with van der Waals surface area (Å²) in [5.41, 5.74) is 0.533. The fraction of sp³-hybridized carbons (Fsp3) is 0.421. The van der Waals surface area contributed by atoms with Gasteiger partial charge < -0.3 is 10.1 Å². The number of thiophene rings is 1. The maximum Gasteiger partial charge on any atom is 0.231 e. The zero-order chi connectivity index (χ0) is 17.0. The number of rotatable bonds is 6. The Kier molecular flexibility index (Phi) is 5.59. The van der Waals surface area contributed by atoms with Crippen LogP contribution in [0.1, 0.15) is 42.2 Å². The van der Waals surface area contributed by atoms with Gasteiger partial charge in [0.25, 0.3) is 0 Å². The van der Waals surface area contributed by atoms with Gasteiger partial charge in [0.1, 0.15) is 6.10 Å². The van der Waals surface area contributed by atoms with E-state index in [1.165, 1.54) is 4.88 Å². The highest BCUT2D eigenvalue weighted by Gasteiger charge is 2.43. The zero-order valence-corrected chi connectivity index (χ0v) is 15.3. The first-order chi connectivity index (χ1) is 11.7. The molecular weight excluding hydrogens is 342 g/mol. The van der Waals surface area contributed by atoms with E-state index in [-0.39, 0.29) is 17.4 Å². The fourth-order valence-electron chi connectivity index (χ4n) is 3.53. The van der Waals surface area contributed by atoms with Crippen LogP contribution in [-0.4, -0.2) is 19.6 Å². The van der Waals surface area contributed by atoms with Gasteiger partial charge in [0.05, 0.1) is 5.41 Å². The molecule has 1 aliphatic carbocycles. The zero-order valence-electron chi connectivity index (χ0n) is 13.8. The number of benzene rings is 1. The van der Waals surface area contributed by atoms with Gasteiger partial charge in [-0.25, -0.2) is 0 Å². The number of carbonyl (C=O) groups excluding carboxylic acids is 1. The molecule has 1 aromatic carbocycles. The van der Waals surface area contributed by atoms with Crippen molar-refractivity contribution in [1.82, 2.24) is 5.32 Å². The number of nitrogens with one attached hydrogen (secondary N) is 1. The van der Waals surface area contributed by atoms with E-state index in [1.54, 1.807) is 18.4 Å². The summed E-state index contributed by atoms with van der Waals surface area (Å²) >= 11 is 7.93. The van der Waals surface area contributed by atoms with Gasteiger partial charge in [0.15, 0.2) is 0 Å². The topological polar surface area (TPSA) is 38.3 Å². The van der Waals surface area contributed by atoms with Crippen molar-refractivity contribution in [2.24, 2.45) is 0 Å². The van der Waals surface area contributed by atoms with Gasteiger partial charge in [-0.15, -0.1) is 11.3 Å². The molecule has 1 N–H and O–H groups in total. The van der Waals surface area contributed by atoms with Gasteiger partial charge in [-0.05, 0) is 30.4 Å². The van der Waals surface area contributed by atoms with Crippen molar-refractivity contribution in [3.8, 4) is 0 Å². The van der Waals surface area contributed by atoms with Crippen LogP contribution in [0.3, 0.4) is 0 Å². The Bertz CT molecular complexity index is 680. The lowest BCUT2D eigenvalue weighted by Gasteiger charge is -2.28. The number of methoxy groups -OCH3 is 1. The molecule has 5 heteroatoms. The first-order valence-corrected chi connectivity index (χ1v) is 9.52. The minimum Gasteiger partial charge on any atom is -0.375 e. The smallest absolute Gasteiger partial charge is 0.231 e. The molecule has 24 heavy (non-hydrogen) atoms. The number of ether oxygens (including phenoxy) is 1. The fourth-order valence-corrected chi connectivity index (χ4v) is 4.77. The Balaban J connectivity index is 1.73. The van der Waals surface area contributed by atoms with Crippen LogP contribution in [0.15, 0.2) is 41.8 Å². The minimum atomic E-state index is -0.368. The highest BCUT2D eigenvalue weighted by Crippen LogP contribution is 2.43. The average Bonchev–Trinajstić information content (AvgIpc) is 3.28. The second-order valence-corrected chi connectivity index (χ2v) is 7.58. The van der Waals surface area contributed by atoms with Crippen LogP contribution in [0.25, 0.3) is 0 Å². The summed E-state index contributed by atoms with van der Waals surface area (Å²) in [6, 6.07) is 11.7. The first-order valence-electron chi connectivity index (χ1n) is 8.27. The van der Waals surface area contributed by atoms with Crippen LogP contribution < -0.4 is 5.32 Å². The monoisotopic (exact) mass is 363 g/mol. The number of hydrogen-bond acceptors (Lipinski definition) is 3. The van der Waals surface area contributed by atoms with Crippen molar-refractivity contribution in [3.05, 3.63) is 57.2 Å². The third-order valence-electron chi connectivity index (χ3n) is 4.87. The molecule has 1 atom stereocenters. The van der Waals surface area contributed by atoms with Crippen LogP contribution >= 0.6 is 22.9 Å². The van der Waals surface area contributed by atoms with Crippen molar-refractivity contribution >= 4 is 28.8 Å². The predicted molar refractivity (Wildman–Crippen MR) is 98.7 cm³/mol. The molecule has 3 nitrogen and oxygen atoms in total. The summed E-state index contributed by atoms with van der Waals surface area (Å²) < 4.78 is 5.56. The highest BCUT2D eigenvalue weighted by molar-refractivity contribution is 7.10. The van der Waals surface area contributed by atoms with Crippen molar-refractivity contribution in [2.45, 2.75) is 37.2 Å². The first kappa shape index (κ1) is 17.5. The SMILES string of the molecule is COC(CNC(=O)C1(c2cccs2)CCCC1)c1ccccc1Cl. The highest BCUT2D eigenvalue weighted by atomic mass is 35.5. The van der Waals surface area contributed by atoms with Crippen molar-refractivity contribution in [2.75, 3.05) is 13.7 Å². The van der Waals surface area contributed by atoms with E-state index >= 15 is 0 Å². The quantitative estimate of drug-likeness (QED) is 0.806. The lowest BCUT2D eigenvalue weighted by Crippen LogP contribution is -2.43. The van der Waals surface area contributed by atoms with Crippen molar-refractivity contribution in [3.63, 3.8) is 0 Å². The molecule has 1 fully saturated rings. The van der Waals surface area contributed by atoms with Crippen LogP contribution in [0.4, 0.5) is 0 Å². The molecule has 1 aliphatic rings. The van der Waals surface area contributed by atoms with Crippen molar-refractivity contribution in [1.29, 1.82) is 0 Å². The van der Waals surface area contributed by atoms with E-state index in [0.717, 1.165) is 31.2 Å². The second-order valence-electron chi connectivity index (χ2n) is 6.22. The van der Waals surface area contributed by atoms with E-state index in [0.29, 0.717) is 11.6 Å². The standard InChI is InChI=1S/C19H22ClNO2S/c1-23-16(14-7-2-3-8-15(14)20)13-21-18(22)19(10-4-5-11-19)17-9-6-12-24-17/h2-3,6-9,12,16H,4-5,10-11,13H2,1H3,(H,21,22). The number of hydrogen-bond donors (Lipinski definition) is 1. The molecule has 2 aromatic rings. The van der Waals surface area contributed by atoms with Crippen LogP contribution in [0.5, 0.6) is 0 Å². The number of amides is 1. The summed E-state index contributed by atoms with van der Waals surface area (Å²) in [4.78, 5) is 14.2. The van der Waals surface area contributed by atoms with Gasteiger partial charge in [0.2, 0.25) is 5.91 Å². The van der Waals surface area contributed by atoms with E-state index in [9.17, 15) is 4.79 Å². The van der Waals surface area contributed by atoms with Crippen LogP contribution in [0, 0.1) is 0 Å². The molecule has 1 heterocycles. The molecule has 0 aliphatic heterocycles. The second kappa shape index (κ2) is 7.68. The molecule has 1 amide bonds. The summed E-state index contributed by atoms with van der Waals surface area (Å²) in [6.45, 7) is 0.423. The van der Waals surface area contributed by atoms with Crippen LogP contribution in [-0.2, 0) is 14.9 Å². The molecule has 0 bridgehead atoms. The maximum atomic E-state index is 13.0. The lowest BCUT2D eigenvalue weighted by molar-refractivity contribution is -0.127. The van der Waals surface area contributed by atoms with E-state index < -0.39 is 0 Å². The largest absolute Gasteiger partial charge is 0.375 e. The Hall–Kier alpha value is -1.36. The van der Waals surface area contributed by atoms with Gasteiger partial charge in [-0.2, -0.15) is 0 Å². The molecule has 1 aromatic heterocycles. The third-order valence-corrected chi connectivity index (χ3v) is 6.29. The Morgan fingerprint density at radius 1 is 1.29 bits per heavy atom. The van der Waals surface area contributed by atoms with Gasteiger partial charge in [-0.3, -0.25) is 4.79 Å². The summed E-state index contributed by atoms with van der Waals surface area (Å²) in [5, 5.41) is 5.82. The van der Waals surface area contributed by atoms with Crippen LogP contribution in [0.2, 0.25) is 5.02 Å². The lowest BCUT2D eigenvalue weighted by atomic mass is 9.83. The summed E-state index contributed by atoms with van der Waals surface area (Å²) in [5.74, 6) is 0.108. The van der Waals surface area contributed by atoms with Crippen molar-refractivity contribution < 1.29 is 9.53 Å². The van der Waals surface area contributed by atoms with Gasteiger partial charge >= 0.3 is 0 Å². The maximum absolute atomic E-state index is 13.0. The molecule has 3 rings (SSSR count). The van der Waals surface area contributed by atoms with E-state index in [1.807, 2.05) is 35.7 Å². The minimum absolute atomic E-state index is 0.108. The molecule has 1 saturated carbocycles. The van der Waals surface area contributed by atoms with Gasteiger partial charge in [-0.1, -0.05) is 48.7 Å². The molecular formula is C19H22ClNO2S. The molecule has 0 radical (unpaired) electrons. The molecule has 0 saturated heterocycles. The molecule has 128 valence electrons. The Morgan fingerprint density at radius 3 is 2.67 bits per heavy atom. The Labute approximate surface area is 152 Å². The van der Waals surface area contributed by atoms with Gasteiger partial charge in [0, 0.05) is 29.1 Å². The molecule has 0 spiro atoms. The van der Waals surface area contributed by atoms with E-state index in [4.69, 9.17) is 16.3 Å². The van der Waals surface area contributed by atoms with E-state index in [2.05, 4.69) is 11.4 Å². The summed E-state index contributed by atoms with van der Waals surface area (Å²) in [7, 11) is 1.64. The Morgan fingerprint density at radius 2 is 2.04 bits per heavy atom.